The van der Waals surface area contributed by atoms with E-state index in [9.17, 15) is 4.79 Å². The van der Waals surface area contributed by atoms with E-state index in [1.54, 1.807) is 23.0 Å². The molecule has 4 rings (SSSR count). The third kappa shape index (κ3) is 3.26. The summed E-state index contributed by atoms with van der Waals surface area (Å²) in [5, 5.41) is 1.68. The van der Waals surface area contributed by atoms with Gasteiger partial charge in [0.25, 0.3) is 5.56 Å². The summed E-state index contributed by atoms with van der Waals surface area (Å²) >= 11 is 1.72. The number of aromatic nitrogens is 3. The number of fused-ring (bicyclic) bond motifs is 1. The smallest absolute Gasteiger partial charge is 0.261 e. The zero-order valence-electron chi connectivity index (χ0n) is 15.9. The van der Waals surface area contributed by atoms with E-state index in [1.807, 2.05) is 31.2 Å². The zero-order valence-corrected chi connectivity index (χ0v) is 16.8. The molecule has 1 unspecified atom stereocenters. The second-order valence-corrected chi connectivity index (χ2v) is 8.11. The largest absolute Gasteiger partial charge is 0.383 e. The molecule has 3 heterocycles. The van der Waals surface area contributed by atoms with Gasteiger partial charge in [-0.25, -0.2) is 9.97 Å². The Morgan fingerprint density at radius 2 is 2.07 bits per heavy atom. The van der Waals surface area contributed by atoms with Gasteiger partial charge in [-0.05, 0) is 38.8 Å². The Morgan fingerprint density at radius 1 is 1.26 bits per heavy atom. The van der Waals surface area contributed by atoms with E-state index in [-0.39, 0.29) is 11.6 Å². The van der Waals surface area contributed by atoms with Gasteiger partial charge in [-0.15, -0.1) is 11.3 Å². The van der Waals surface area contributed by atoms with Crippen molar-refractivity contribution in [2.75, 3.05) is 25.2 Å². The van der Waals surface area contributed by atoms with Crippen LogP contribution in [-0.4, -0.2) is 34.8 Å². The fraction of sp³-hybridized carbons (Fsp3) is 0.450. The van der Waals surface area contributed by atoms with Gasteiger partial charge in [0, 0.05) is 18.5 Å². The number of rotatable bonds is 5. The molecule has 1 saturated heterocycles. The van der Waals surface area contributed by atoms with Gasteiger partial charge in [-0.3, -0.25) is 9.36 Å². The number of hydrogen-bond acceptors (Lipinski definition) is 6. The number of benzene rings is 1. The Balaban J connectivity index is 1.84. The lowest BCUT2D eigenvalue weighted by Gasteiger charge is -2.26. The van der Waals surface area contributed by atoms with Crippen molar-refractivity contribution in [2.24, 2.45) is 0 Å². The highest BCUT2D eigenvalue weighted by molar-refractivity contribution is 7.15. The standard InChI is InChI=1S/C20H24N4O2S/c1-13-14(2)27-20(21-13)23-10-6-9-17(23)18-22-16-8-5-4-7-15(16)19(25)24(18)11-12-26-3/h4-5,7-8,17H,6,9-12H2,1-3H3. The van der Waals surface area contributed by atoms with Crippen molar-refractivity contribution in [3.63, 3.8) is 0 Å². The van der Waals surface area contributed by atoms with Crippen molar-refractivity contribution < 1.29 is 4.74 Å². The number of hydrogen-bond donors (Lipinski definition) is 0. The molecule has 0 radical (unpaired) electrons. The van der Waals surface area contributed by atoms with E-state index in [0.29, 0.717) is 18.5 Å². The lowest BCUT2D eigenvalue weighted by Crippen LogP contribution is -2.33. The second-order valence-electron chi connectivity index (χ2n) is 6.93. The highest BCUT2D eigenvalue weighted by Gasteiger charge is 2.32. The third-order valence-electron chi connectivity index (χ3n) is 5.22. The van der Waals surface area contributed by atoms with Gasteiger partial charge >= 0.3 is 0 Å². The van der Waals surface area contributed by atoms with Crippen molar-refractivity contribution in [3.05, 3.63) is 51.0 Å². The summed E-state index contributed by atoms with van der Waals surface area (Å²) < 4.78 is 7.04. The van der Waals surface area contributed by atoms with Crippen LogP contribution in [-0.2, 0) is 11.3 Å². The van der Waals surface area contributed by atoms with Gasteiger partial charge in [-0.1, -0.05) is 12.1 Å². The van der Waals surface area contributed by atoms with E-state index in [0.717, 1.165) is 41.6 Å². The molecule has 0 aliphatic carbocycles. The maximum atomic E-state index is 13.1. The Bertz CT molecular complexity index is 1010. The van der Waals surface area contributed by atoms with Gasteiger partial charge in [0.15, 0.2) is 5.13 Å². The highest BCUT2D eigenvalue weighted by Crippen LogP contribution is 2.38. The van der Waals surface area contributed by atoms with Crippen LogP contribution >= 0.6 is 11.3 Å². The molecule has 2 aromatic heterocycles. The molecule has 1 fully saturated rings. The van der Waals surface area contributed by atoms with Gasteiger partial charge in [0.05, 0.1) is 35.8 Å². The summed E-state index contributed by atoms with van der Waals surface area (Å²) in [4.78, 5) is 26.4. The minimum atomic E-state index is 0.00556. The van der Waals surface area contributed by atoms with Crippen molar-refractivity contribution >= 4 is 27.4 Å². The Hall–Kier alpha value is -2.25. The van der Waals surface area contributed by atoms with Gasteiger partial charge in [0.1, 0.15) is 5.82 Å². The van der Waals surface area contributed by atoms with E-state index in [4.69, 9.17) is 14.7 Å². The first-order valence-electron chi connectivity index (χ1n) is 9.29. The van der Waals surface area contributed by atoms with Crippen molar-refractivity contribution in [1.29, 1.82) is 0 Å². The monoisotopic (exact) mass is 384 g/mol. The van der Waals surface area contributed by atoms with Crippen molar-refractivity contribution in [2.45, 2.75) is 39.3 Å². The zero-order chi connectivity index (χ0) is 19.0. The Kier molecular flexibility index (Phi) is 4.97. The molecule has 142 valence electrons. The Morgan fingerprint density at radius 3 is 2.81 bits per heavy atom. The van der Waals surface area contributed by atoms with E-state index < -0.39 is 0 Å². The summed E-state index contributed by atoms with van der Waals surface area (Å²) in [5.41, 5.74) is 1.83. The molecule has 6 nitrogen and oxygen atoms in total. The molecule has 7 heteroatoms. The average molecular weight is 385 g/mol. The normalized spacial score (nSPS) is 17.1. The molecule has 1 aliphatic rings. The molecule has 0 bridgehead atoms. The summed E-state index contributed by atoms with van der Waals surface area (Å²) in [6, 6.07) is 7.63. The predicted octanol–water partition coefficient (Wildman–Crippen LogP) is 3.46. The summed E-state index contributed by atoms with van der Waals surface area (Å²) in [5.74, 6) is 0.818. The molecule has 1 aromatic carbocycles. The SMILES string of the molecule is COCCn1c(C2CCCN2c2nc(C)c(C)s2)nc2ccccc2c1=O. The molecular weight excluding hydrogens is 360 g/mol. The van der Waals surface area contributed by atoms with Crippen LogP contribution in [0.15, 0.2) is 29.1 Å². The molecular formula is C20H24N4O2S. The molecule has 1 aliphatic heterocycles. The maximum Gasteiger partial charge on any atom is 0.261 e. The molecule has 27 heavy (non-hydrogen) atoms. The molecule has 0 saturated carbocycles. The molecule has 0 amide bonds. The van der Waals surface area contributed by atoms with Crippen molar-refractivity contribution in [1.82, 2.24) is 14.5 Å². The Labute approximate surface area is 162 Å². The first kappa shape index (κ1) is 18.1. The van der Waals surface area contributed by atoms with Crippen LogP contribution in [0.2, 0.25) is 0 Å². The van der Waals surface area contributed by atoms with Crippen molar-refractivity contribution in [3.8, 4) is 0 Å². The third-order valence-corrected chi connectivity index (χ3v) is 6.33. The molecule has 3 aromatic rings. The first-order valence-corrected chi connectivity index (χ1v) is 10.1. The van der Waals surface area contributed by atoms with Crippen LogP contribution in [0.25, 0.3) is 10.9 Å². The minimum Gasteiger partial charge on any atom is -0.383 e. The topological polar surface area (TPSA) is 60.2 Å². The summed E-state index contributed by atoms with van der Waals surface area (Å²) in [6.07, 6.45) is 2.03. The molecule has 0 spiro atoms. The van der Waals surface area contributed by atoms with E-state index >= 15 is 0 Å². The number of thiazole rings is 1. The maximum absolute atomic E-state index is 13.1. The van der Waals surface area contributed by atoms with Crippen LogP contribution in [0.4, 0.5) is 5.13 Å². The van der Waals surface area contributed by atoms with Gasteiger partial charge in [-0.2, -0.15) is 0 Å². The number of anilines is 1. The number of methoxy groups -OCH3 is 1. The fourth-order valence-corrected chi connectivity index (χ4v) is 4.67. The summed E-state index contributed by atoms with van der Waals surface area (Å²) in [7, 11) is 1.65. The number of aryl methyl sites for hydroxylation is 2. The van der Waals surface area contributed by atoms with Gasteiger partial charge < -0.3 is 9.64 Å². The fourth-order valence-electron chi connectivity index (χ4n) is 3.68. The average Bonchev–Trinajstić information content (AvgIpc) is 3.28. The predicted molar refractivity (Wildman–Crippen MR) is 109 cm³/mol. The first-order chi connectivity index (χ1) is 13.1. The van der Waals surface area contributed by atoms with Crippen LogP contribution < -0.4 is 10.5 Å². The number of nitrogens with zero attached hydrogens (tertiary/aromatic N) is 4. The quantitative estimate of drug-likeness (QED) is 0.674. The second kappa shape index (κ2) is 7.40. The van der Waals surface area contributed by atoms with Gasteiger partial charge in [0.2, 0.25) is 0 Å². The minimum absolute atomic E-state index is 0.00556. The molecule has 1 atom stereocenters. The van der Waals surface area contributed by atoms with E-state index in [1.165, 1.54) is 4.88 Å². The van der Waals surface area contributed by atoms with Crippen LogP contribution in [0.5, 0.6) is 0 Å². The molecule has 0 N–H and O–H groups in total. The van der Waals surface area contributed by atoms with Crippen LogP contribution in [0, 0.1) is 13.8 Å². The van der Waals surface area contributed by atoms with Crippen LogP contribution in [0.1, 0.15) is 35.3 Å². The number of ether oxygens (including phenoxy) is 1. The summed E-state index contributed by atoms with van der Waals surface area (Å²) in [6.45, 7) is 6.06. The lowest BCUT2D eigenvalue weighted by molar-refractivity contribution is 0.184. The van der Waals surface area contributed by atoms with Crippen LogP contribution in [0.3, 0.4) is 0 Å². The highest BCUT2D eigenvalue weighted by atomic mass is 32.1. The lowest BCUT2D eigenvalue weighted by atomic mass is 10.1. The number of para-hydroxylation sites is 1. The van der Waals surface area contributed by atoms with E-state index in [2.05, 4.69) is 11.8 Å².